The van der Waals surface area contributed by atoms with Gasteiger partial charge in [0.2, 0.25) is 0 Å². The summed E-state index contributed by atoms with van der Waals surface area (Å²) in [6.07, 6.45) is -2.16. The Morgan fingerprint density at radius 2 is 1.97 bits per heavy atom. The van der Waals surface area contributed by atoms with Crippen LogP contribution < -0.4 is 10.1 Å². The standard InChI is InChI=1S/C25H26F2N4O3/c1-25-13-18-17-12-16(34-2)8-9-19(17)29-21(18)22(15-6-4-3-5-7-15)31(25)24(33)30(23(25)32)11-10-28-14-20(26)27/h3-9,12,20,22,28-29H,10-11,13-14H2,1-2H3/t22-,25+/m1/s1. The third kappa shape index (κ3) is 3.42. The number of imide groups is 1. The van der Waals surface area contributed by atoms with Gasteiger partial charge >= 0.3 is 6.03 Å². The van der Waals surface area contributed by atoms with Gasteiger partial charge in [-0.25, -0.2) is 13.6 Å². The zero-order valence-corrected chi connectivity index (χ0v) is 19.0. The van der Waals surface area contributed by atoms with Gasteiger partial charge in [-0.3, -0.25) is 14.6 Å². The molecule has 1 aromatic heterocycles. The summed E-state index contributed by atoms with van der Waals surface area (Å²) >= 11 is 0. The molecule has 2 atom stereocenters. The zero-order valence-electron chi connectivity index (χ0n) is 19.0. The Kier molecular flexibility index (Phi) is 5.51. The van der Waals surface area contributed by atoms with Crippen molar-refractivity contribution >= 4 is 22.8 Å². The molecule has 0 saturated carbocycles. The van der Waals surface area contributed by atoms with Gasteiger partial charge in [-0.1, -0.05) is 30.3 Å². The van der Waals surface area contributed by atoms with Crippen LogP contribution in [0, 0.1) is 0 Å². The highest BCUT2D eigenvalue weighted by molar-refractivity contribution is 6.08. The van der Waals surface area contributed by atoms with E-state index in [9.17, 15) is 18.4 Å². The number of halogens is 2. The molecule has 0 spiro atoms. The molecule has 0 unspecified atom stereocenters. The number of hydrogen-bond acceptors (Lipinski definition) is 4. The fourth-order valence-corrected chi connectivity index (χ4v) is 5.20. The summed E-state index contributed by atoms with van der Waals surface area (Å²) in [5.74, 6) is 0.388. The molecule has 3 heterocycles. The SMILES string of the molecule is COc1ccc2[nH]c3c(c2c1)C[C@@]1(C)C(=O)N(CCNCC(F)F)C(=O)N1[C@@H]3c1ccccc1. The number of urea groups is 1. The lowest BCUT2D eigenvalue weighted by molar-refractivity contribution is -0.133. The number of nitrogens with one attached hydrogen (secondary N) is 2. The van der Waals surface area contributed by atoms with Crippen LogP contribution in [0.3, 0.4) is 0 Å². The van der Waals surface area contributed by atoms with Crippen molar-refractivity contribution in [2.45, 2.75) is 31.4 Å². The lowest BCUT2D eigenvalue weighted by Crippen LogP contribution is -2.53. The minimum Gasteiger partial charge on any atom is -0.497 e. The van der Waals surface area contributed by atoms with Gasteiger partial charge in [-0.05, 0) is 36.2 Å². The number of fused-ring (bicyclic) bond motifs is 4. The van der Waals surface area contributed by atoms with Crippen LogP contribution in [0.4, 0.5) is 13.6 Å². The molecule has 0 bridgehead atoms. The molecule has 3 amide bonds. The van der Waals surface area contributed by atoms with Crippen molar-refractivity contribution < 1.29 is 23.1 Å². The second kappa shape index (κ2) is 8.39. The summed E-state index contributed by atoms with van der Waals surface area (Å²) in [6, 6.07) is 14.4. The van der Waals surface area contributed by atoms with Crippen molar-refractivity contribution in [3.63, 3.8) is 0 Å². The Morgan fingerprint density at radius 1 is 1.21 bits per heavy atom. The first kappa shape index (κ1) is 22.3. The Balaban J connectivity index is 1.60. The van der Waals surface area contributed by atoms with Crippen molar-refractivity contribution in [2.24, 2.45) is 0 Å². The highest BCUT2D eigenvalue weighted by Crippen LogP contribution is 2.48. The number of amides is 3. The molecule has 3 aromatic rings. The van der Waals surface area contributed by atoms with E-state index in [2.05, 4.69) is 10.3 Å². The molecule has 2 aliphatic rings. The largest absolute Gasteiger partial charge is 0.497 e. The van der Waals surface area contributed by atoms with Gasteiger partial charge < -0.3 is 15.0 Å². The van der Waals surface area contributed by atoms with Crippen LogP contribution in [-0.4, -0.2) is 65.4 Å². The minimum atomic E-state index is -2.49. The predicted molar refractivity (Wildman–Crippen MR) is 123 cm³/mol. The van der Waals surface area contributed by atoms with Crippen molar-refractivity contribution in [3.05, 3.63) is 65.4 Å². The van der Waals surface area contributed by atoms with Gasteiger partial charge in [0, 0.05) is 36.1 Å². The molecule has 1 saturated heterocycles. The second-order valence-electron chi connectivity index (χ2n) is 8.90. The molecule has 1 fully saturated rings. The number of nitrogens with zero attached hydrogens (tertiary/aromatic N) is 2. The predicted octanol–water partition coefficient (Wildman–Crippen LogP) is 3.70. The van der Waals surface area contributed by atoms with E-state index in [1.54, 1.807) is 18.9 Å². The minimum absolute atomic E-state index is 0.0283. The van der Waals surface area contributed by atoms with Crippen molar-refractivity contribution in [1.29, 1.82) is 0 Å². The Labute approximate surface area is 195 Å². The average Bonchev–Trinajstić information content (AvgIpc) is 3.27. The Bertz CT molecular complexity index is 1250. The molecule has 2 aliphatic heterocycles. The third-order valence-electron chi connectivity index (χ3n) is 6.80. The number of aromatic nitrogens is 1. The molecule has 0 aliphatic carbocycles. The Hall–Kier alpha value is -3.46. The average molecular weight is 469 g/mol. The van der Waals surface area contributed by atoms with Crippen LogP contribution >= 0.6 is 0 Å². The van der Waals surface area contributed by atoms with Crippen LogP contribution in [0.15, 0.2) is 48.5 Å². The number of carbonyl (C=O) groups is 2. The molecule has 178 valence electrons. The number of benzene rings is 2. The number of alkyl halides is 2. The summed E-state index contributed by atoms with van der Waals surface area (Å²) in [5.41, 5.74) is 2.52. The van der Waals surface area contributed by atoms with Gasteiger partial charge in [0.15, 0.2) is 0 Å². The first-order valence-corrected chi connectivity index (χ1v) is 11.2. The van der Waals surface area contributed by atoms with E-state index >= 15 is 0 Å². The van der Waals surface area contributed by atoms with Gasteiger partial charge in [-0.15, -0.1) is 0 Å². The lowest BCUT2D eigenvalue weighted by atomic mass is 9.81. The van der Waals surface area contributed by atoms with Crippen LogP contribution in [-0.2, 0) is 11.2 Å². The molecule has 2 N–H and O–H groups in total. The van der Waals surface area contributed by atoms with Crippen LogP contribution in [0.25, 0.3) is 10.9 Å². The number of hydrogen-bond donors (Lipinski definition) is 2. The van der Waals surface area contributed by atoms with Crippen molar-refractivity contribution in [1.82, 2.24) is 20.1 Å². The summed E-state index contributed by atoms with van der Waals surface area (Å²) in [4.78, 5) is 33.5. The summed E-state index contributed by atoms with van der Waals surface area (Å²) in [6.45, 7) is 1.44. The van der Waals surface area contributed by atoms with E-state index in [1.165, 1.54) is 4.90 Å². The molecule has 34 heavy (non-hydrogen) atoms. The highest BCUT2D eigenvalue weighted by atomic mass is 19.3. The van der Waals surface area contributed by atoms with Gasteiger partial charge in [0.25, 0.3) is 12.3 Å². The number of rotatable bonds is 7. The van der Waals surface area contributed by atoms with E-state index in [1.807, 2.05) is 48.5 Å². The summed E-state index contributed by atoms with van der Waals surface area (Å²) in [5, 5.41) is 3.56. The zero-order chi connectivity index (χ0) is 24.0. The monoisotopic (exact) mass is 468 g/mol. The summed E-state index contributed by atoms with van der Waals surface area (Å²) < 4.78 is 30.4. The fraction of sp³-hybridized carbons (Fsp3) is 0.360. The van der Waals surface area contributed by atoms with Gasteiger partial charge in [-0.2, -0.15) is 0 Å². The number of carbonyl (C=O) groups excluding carboxylic acids is 2. The first-order chi connectivity index (χ1) is 16.3. The molecular formula is C25H26F2N4O3. The van der Waals surface area contributed by atoms with Gasteiger partial charge in [0.05, 0.1) is 13.7 Å². The molecule has 7 nitrogen and oxygen atoms in total. The maximum Gasteiger partial charge on any atom is 0.328 e. The van der Waals surface area contributed by atoms with Crippen molar-refractivity contribution in [3.8, 4) is 5.75 Å². The third-order valence-corrected chi connectivity index (χ3v) is 6.80. The van der Waals surface area contributed by atoms with E-state index in [0.29, 0.717) is 12.2 Å². The van der Waals surface area contributed by atoms with E-state index in [4.69, 9.17) is 4.74 Å². The molecular weight excluding hydrogens is 442 g/mol. The number of ether oxygens (including phenoxy) is 1. The first-order valence-electron chi connectivity index (χ1n) is 11.2. The van der Waals surface area contributed by atoms with Gasteiger partial charge in [0.1, 0.15) is 17.3 Å². The lowest BCUT2D eigenvalue weighted by Gasteiger charge is -2.42. The number of aromatic amines is 1. The topological polar surface area (TPSA) is 77.7 Å². The van der Waals surface area contributed by atoms with Crippen LogP contribution in [0.5, 0.6) is 5.75 Å². The van der Waals surface area contributed by atoms with E-state index < -0.39 is 30.6 Å². The van der Waals surface area contributed by atoms with E-state index in [0.717, 1.165) is 27.7 Å². The quantitative estimate of drug-likeness (QED) is 0.410. The normalized spacial score (nSPS) is 22.0. The van der Waals surface area contributed by atoms with Crippen LogP contribution in [0.1, 0.15) is 29.8 Å². The summed E-state index contributed by atoms with van der Waals surface area (Å²) in [7, 11) is 1.61. The molecule has 9 heteroatoms. The smallest absolute Gasteiger partial charge is 0.328 e. The fourth-order valence-electron chi connectivity index (χ4n) is 5.20. The van der Waals surface area contributed by atoms with Crippen molar-refractivity contribution in [2.75, 3.05) is 26.7 Å². The molecule has 2 aromatic carbocycles. The second-order valence-corrected chi connectivity index (χ2v) is 8.90. The number of H-pyrrole nitrogens is 1. The molecule has 0 radical (unpaired) electrons. The van der Waals surface area contributed by atoms with Crippen LogP contribution in [0.2, 0.25) is 0 Å². The highest BCUT2D eigenvalue weighted by Gasteiger charge is 2.60. The maximum atomic E-state index is 13.6. The molecule has 5 rings (SSSR count). The maximum absolute atomic E-state index is 13.6. The Morgan fingerprint density at radius 3 is 2.68 bits per heavy atom. The van der Waals surface area contributed by atoms with E-state index in [-0.39, 0.29) is 19.0 Å². The number of methoxy groups -OCH3 is 1.